The van der Waals surface area contributed by atoms with Gasteiger partial charge in [-0.3, -0.25) is 4.79 Å². The van der Waals surface area contributed by atoms with Crippen molar-refractivity contribution < 1.29 is 15.0 Å². The molecule has 0 bridgehead atoms. The van der Waals surface area contributed by atoms with Gasteiger partial charge < -0.3 is 10.2 Å². The molecule has 0 atom stereocenters. The lowest BCUT2D eigenvalue weighted by Gasteiger charge is -2.08. The normalized spacial score (nSPS) is 10.3. The Labute approximate surface area is 105 Å². The number of hydrogen-bond donors (Lipinski definition) is 2. The average Bonchev–Trinajstić information content (AvgIpc) is 2.36. The summed E-state index contributed by atoms with van der Waals surface area (Å²) in [6.45, 7) is 1.69. The SMILES string of the molecule is Cc1ccc(O)c(C(=O)Cc2ccccc2)c1O. The summed E-state index contributed by atoms with van der Waals surface area (Å²) in [6.07, 6.45) is 0.158. The third kappa shape index (κ3) is 2.35. The number of aromatic hydroxyl groups is 2. The summed E-state index contributed by atoms with van der Waals surface area (Å²) in [5.74, 6) is -0.616. The lowest BCUT2D eigenvalue weighted by molar-refractivity contribution is 0.0987. The zero-order chi connectivity index (χ0) is 13.1. The highest BCUT2D eigenvalue weighted by Gasteiger charge is 2.18. The first-order valence-corrected chi connectivity index (χ1v) is 5.68. The first kappa shape index (κ1) is 12.2. The molecule has 92 valence electrons. The van der Waals surface area contributed by atoms with Crippen LogP contribution < -0.4 is 0 Å². The van der Waals surface area contributed by atoms with Gasteiger partial charge in [0.2, 0.25) is 0 Å². The van der Waals surface area contributed by atoms with E-state index < -0.39 is 0 Å². The zero-order valence-corrected chi connectivity index (χ0v) is 10.1. The lowest BCUT2D eigenvalue weighted by atomic mass is 9.99. The quantitative estimate of drug-likeness (QED) is 0.814. The predicted octanol–water partition coefficient (Wildman–Crippen LogP) is 2.83. The molecule has 3 nitrogen and oxygen atoms in total. The molecule has 0 spiro atoms. The molecule has 0 amide bonds. The number of hydrogen-bond acceptors (Lipinski definition) is 3. The van der Waals surface area contributed by atoms with E-state index >= 15 is 0 Å². The van der Waals surface area contributed by atoms with Crippen molar-refractivity contribution in [3.05, 3.63) is 59.2 Å². The van der Waals surface area contributed by atoms with Gasteiger partial charge in [0.1, 0.15) is 17.1 Å². The fourth-order valence-corrected chi connectivity index (χ4v) is 1.83. The minimum atomic E-state index is -0.292. The van der Waals surface area contributed by atoms with Crippen molar-refractivity contribution in [2.75, 3.05) is 0 Å². The summed E-state index contributed by atoms with van der Waals surface area (Å²) in [7, 11) is 0. The molecule has 0 aliphatic heterocycles. The van der Waals surface area contributed by atoms with Crippen LogP contribution in [-0.4, -0.2) is 16.0 Å². The molecule has 2 aromatic rings. The summed E-state index contributed by atoms with van der Waals surface area (Å²) >= 11 is 0. The number of ketones is 1. The topological polar surface area (TPSA) is 57.5 Å². The maximum atomic E-state index is 12.1. The second-order valence-corrected chi connectivity index (χ2v) is 4.21. The molecule has 0 saturated heterocycles. The highest BCUT2D eigenvalue weighted by Crippen LogP contribution is 2.31. The van der Waals surface area contributed by atoms with E-state index in [9.17, 15) is 15.0 Å². The summed E-state index contributed by atoms with van der Waals surface area (Å²) in [5, 5.41) is 19.5. The summed E-state index contributed by atoms with van der Waals surface area (Å²) in [5.41, 5.74) is 1.42. The van der Waals surface area contributed by atoms with Gasteiger partial charge in [0, 0.05) is 6.42 Å². The van der Waals surface area contributed by atoms with Crippen LogP contribution in [0.25, 0.3) is 0 Å². The molecule has 0 aliphatic rings. The van der Waals surface area contributed by atoms with Gasteiger partial charge in [-0.05, 0) is 24.1 Å². The first-order valence-electron chi connectivity index (χ1n) is 5.68. The van der Waals surface area contributed by atoms with Gasteiger partial charge in [0.05, 0.1) is 0 Å². The molecule has 0 radical (unpaired) electrons. The summed E-state index contributed by atoms with van der Waals surface area (Å²) in [6, 6.07) is 12.2. The third-order valence-corrected chi connectivity index (χ3v) is 2.84. The second-order valence-electron chi connectivity index (χ2n) is 4.21. The molecule has 0 aliphatic carbocycles. The maximum absolute atomic E-state index is 12.1. The molecule has 0 fully saturated rings. The number of Topliss-reactive ketones (excluding diaryl/α,β-unsaturated/α-hetero) is 1. The van der Waals surface area contributed by atoms with E-state index in [1.165, 1.54) is 6.07 Å². The summed E-state index contributed by atoms with van der Waals surface area (Å²) in [4.78, 5) is 12.1. The Bertz CT molecular complexity index is 574. The molecule has 2 rings (SSSR count). The lowest BCUT2D eigenvalue weighted by Crippen LogP contribution is -2.05. The standard InChI is InChI=1S/C15H14O3/c1-10-7-8-12(16)14(15(10)18)13(17)9-11-5-3-2-4-6-11/h2-8,16,18H,9H2,1H3. The van der Waals surface area contributed by atoms with Crippen molar-refractivity contribution in [3.63, 3.8) is 0 Å². The zero-order valence-electron chi connectivity index (χ0n) is 10.1. The molecule has 2 N–H and O–H groups in total. The van der Waals surface area contributed by atoms with Crippen LogP contribution >= 0.6 is 0 Å². The number of benzene rings is 2. The fraction of sp³-hybridized carbons (Fsp3) is 0.133. The molecule has 0 saturated carbocycles. The Kier molecular flexibility index (Phi) is 3.33. The Morgan fingerprint density at radius 2 is 1.72 bits per heavy atom. The van der Waals surface area contributed by atoms with Gasteiger partial charge in [-0.15, -0.1) is 0 Å². The van der Waals surface area contributed by atoms with E-state index in [0.717, 1.165) is 5.56 Å². The summed E-state index contributed by atoms with van der Waals surface area (Å²) < 4.78 is 0. The number of aryl methyl sites for hydroxylation is 1. The number of phenolic OH excluding ortho intramolecular Hbond substituents is 2. The number of carbonyl (C=O) groups excluding carboxylic acids is 1. The van der Waals surface area contributed by atoms with E-state index in [0.29, 0.717) is 5.56 Å². The minimum absolute atomic E-state index is 0.00106. The van der Waals surface area contributed by atoms with Gasteiger partial charge in [0.25, 0.3) is 0 Å². The van der Waals surface area contributed by atoms with Crippen LogP contribution in [0.2, 0.25) is 0 Å². The van der Waals surface area contributed by atoms with Crippen molar-refractivity contribution >= 4 is 5.78 Å². The van der Waals surface area contributed by atoms with Crippen molar-refractivity contribution in [3.8, 4) is 11.5 Å². The Morgan fingerprint density at radius 3 is 2.39 bits per heavy atom. The van der Waals surface area contributed by atoms with E-state index in [1.54, 1.807) is 13.0 Å². The minimum Gasteiger partial charge on any atom is -0.507 e. The molecular formula is C15H14O3. The van der Waals surface area contributed by atoms with Crippen LogP contribution in [-0.2, 0) is 6.42 Å². The van der Waals surface area contributed by atoms with E-state index in [2.05, 4.69) is 0 Å². The second kappa shape index (κ2) is 4.92. The van der Waals surface area contributed by atoms with Gasteiger partial charge in [-0.25, -0.2) is 0 Å². The highest BCUT2D eigenvalue weighted by atomic mass is 16.3. The number of rotatable bonds is 3. The van der Waals surface area contributed by atoms with E-state index in [-0.39, 0.29) is 29.3 Å². The van der Waals surface area contributed by atoms with Crippen molar-refractivity contribution in [1.82, 2.24) is 0 Å². The molecule has 0 aromatic heterocycles. The first-order chi connectivity index (χ1) is 8.59. The van der Waals surface area contributed by atoms with Crippen LogP contribution in [0.5, 0.6) is 11.5 Å². The fourth-order valence-electron chi connectivity index (χ4n) is 1.83. The van der Waals surface area contributed by atoms with Gasteiger partial charge in [-0.2, -0.15) is 0 Å². The molecule has 0 heterocycles. The monoisotopic (exact) mass is 242 g/mol. The molecule has 0 unspecified atom stereocenters. The molecule has 2 aromatic carbocycles. The van der Waals surface area contributed by atoms with Gasteiger partial charge in [0.15, 0.2) is 5.78 Å². The van der Waals surface area contributed by atoms with Gasteiger partial charge >= 0.3 is 0 Å². The predicted molar refractivity (Wildman–Crippen MR) is 69.0 cm³/mol. The van der Waals surface area contributed by atoms with E-state index in [4.69, 9.17) is 0 Å². The third-order valence-electron chi connectivity index (χ3n) is 2.84. The molecule has 18 heavy (non-hydrogen) atoms. The number of carbonyl (C=O) groups is 1. The highest BCUT2D eigenvalue weighted by molar-refractivity contribution is 6.02. The Balaban J connectivity index is 2.33. The van der Waals surface area contributed by atoms with Crippen molar-refractivity contribution in [2.45, 2.75) is 13.3 Å². The Hall–Kier alpha value is -2.29. The van der Waals surface area contributed by atoms with Crippen LogP contribution in [0.3, 0.4) is 0 Å². The van der Waals surface area contributed by atoms with Crippen LogP contribution in [0.15, 0.2) is 42.5 Å². The van der Waals surface area contributed by atoms with Crippen LogP contribution in [0.4, 0.5) is 0 Å². The maximum Gasteiger partial charge on any atom is 0.174 e. The molecule has 3 heteroatoms. The van der Waals surface area contributed by atoms with Gasteiger partial charge in [-0.1, -0.05) is 36.4 Å². The molecular weight excluding hydrogens is 228 g/mol. The average molecular weight is 242 g/mol. The van der Waals surface area contributed by atoms with E-state index in [1.807, 2.05) is 30.3 Å². The van der Waals surface area contributed by atoms with Crippen LogP contribution in [0.1, 0.15) is 21.5 Å². The number of phenols is 2. The largest absolute Gasteiger partial charge is 0.507 e. The Morgan fingerprint density at radius 1 is 1.06 bits per heavy atom. The smallest absolute Gasteiger partial charge is 0.174 e. The van der Waals surface area contributed by atoms with Crippen molar-refractivity contribution in [1.29, 1.82) is 0 Å². The van der Waals surface area contributed by atoms with Crippen LogP contribution in [0, 0.1) is 6.92 Å². The van der Waals surface area contributed by atoms with Crippen molar-refractivity contribution in [2.24, 2.45) is 0 Å².